The summed E-state index contributed by atoms with van der Waals surface area (Å²) in [4.78, 5) is 12.0. The molecule has 4 heteroatoms. The van der Waals surface area contributed by atoms with Crippen molar-refractivity contribution in [3.8, 4) is 11.5 Å². The van der Waals surface area contributed by atoms with E-state index in [0.29, 0.717) is 13.2 Å². The third-order valence-corrected chi connectivity index (χ3v) is 3.18. The van der Waals surface area contributed by atoms with Gasteiger partial charge in [-0.15, -0.1) is 0 Å². The Bertz CT molecular complexity index is 598. The summed E-state index contributed by atoms with van der Waals surface area (Å²) in [5.74, 6) is 1.37. The van der Waals surface area contributed by atoms with Gasteiger partial charge in [0, 0.05) is 0 Å². The third kappa shape index (κ3) is 4.81. The second-order valence-corrected chi connectivity index (χ2v) is 4.98. The number of amides is 1. The number of rotatable bonds is 7. The van der Waals surface area contributed by atoms with Crippen LogP contribution in [0.2, 0.25) is 0 Å². The molecule has 2 rings (SSSR count). The summed E-state index contributed by atoms with van der Waals surface area (Å²) < 4.78 is 11.2. The van der Waals surface area contributed by atoms with Crippen LogP contribution in [0.4, 0.5) is 0 Å². The number of carbonyl (C=O) groups is 1. The van der Waals surface area contributed by atoms with Gasteiger partial charge in [0.25, 0.3) is 5.91 Å². The van der Waals surface area contributed by atoms with Crippen LogP contribution >= 0.6 is 0 Å². The molecule has 22 heavy (non-hydrogen) atoms. The van der Waals surface area contributed by atoms with Gasteiger partial charge < -0.3 is 14.8 Å². The molecule has 0 aliphatic heterocycles. The summed E-state index contributed by atoms with van der Waals surface area (Å²) in [5.41, 5.74) is 1.01. The van der Waals surface area contributed by atoms with Crippen LogP contribution < -0.4 is 14.8 Å². The summed E-state index contributed by atoms with van der Waals surface area (Å²) in [5, 5.41) is 2.80. The van der Waals surface area contributed by atoms with Crippen molar-refractivity contribution in [1.29, 1.82) is 0 Å². The molecule has 0 saturated heterocycles. The molecule has 0 unspecified atom stereocenters. The lowest BCUT2D eigenvalue weighted by Crippen LogP contribution is -2.38. The van der Waals surface area contributed by atoms with Crippen LogP contribution in [0.1, 0.15) is 12.5 Å². The van der Waals surface area contributed by atoms with Gasteiger partial charge in [-0.25, -0.2) is 0 Å². The van der Waals surface area contributed by atoms with E-state index in [0.717, 1.165) is 17.1 Å². The smallest absolute Gasteiger partial charge is 0.260 e. The highest BCUT2D eigenvalue weighted by molar-refractivity contribution is 5.80. The van der Waals surface area contributed by atoms with Crippen LogP contribution in [0, 0.1) is 6.92 Å². The molecule has 0 aromatic heterocycles. The van der Waals surface area contributed by atoms with Crippen molar-refractivity contribution in [3.05, 3.63) is 60.2 Å². The maximum Gasteiger partial charge on any atom is 0.260 e. The first-order valence-electron chi connectivity index (χ1n) is 7.34. The number of nitrogens with one attached hydrogen (secondary N) is 1. The lowest BCUT2D eigenvalue weighted by atomic mass is 10.2. The van der Waals surface area contributed by atoms with Crippen LogP contribution in [-0.2, 0) is 4.79 Å². The monoisotopic (exact) mass is 299 g/mol. The minimum Gasteiger partial charge on any atom is -0.492 e. The molecule has 2 aromatic carbocycles. The standard InChI is InChI=1S/C18H21NO3/c1-14-8-6-7-11-17(14)22-15(2)18(20)19-12-13-21-16-9-4-3-5-10-16/h3-11,15H,12-13H2,1-2H3,(H,19,20)/t15-/m0/s1. The Morgan fingerprint density at radius 2 is 1.77 bits per heavy atom. The van der Waals surface area contributed by atoms with E-state index < -0.39 is 6.10 Å². The van der Waals surface area contributed by atoms with E-state index >= 15 is 0 Å². The predicted octanol–water partition coefficient (Wildman–Crippen LogP) is 2.96. The fraction of sp³-hybridized carbons (Fsp3) is 0.278. The Labute approximate surface area is 131 Å². The number of ether oxygens (including phenoxy) is 2. The third-order valence-electron chi connectivity index (χ3n) is 3.18. The fourth-order valence-corrected chi connectivity index (χ4v) is 1.94. The lowest BCUT2D eigenvalue weighted by Gasteiger charge is -2.16. The topological polar surface area (TPSA) is 47.6 Å². The highest BCUT2D eigenvalue weighted by atomic mass is 16.5. The number of benzene rings is 2. The molecule has 0 bridgehead atoms. The molecular formula is C18H21NO3. The van der Waals surface area contributed by atoms with Crippen molar-refractivity contribution in [2.24, 2.45) is 0 Å². The van der Waals surface area contributed by atoms with Crippen LogP contribution in [0.25, 0.3) is 0 Å². The summed E-state index contributed by atoms with van der Waals surface area (Å²) in [6.45, 7) is 4.55. The van der Waals surface area contributed by atoms with Crippen molar-refractivity contribution >= 4 is 5.91 Å². The van der Waals surface area contributed by atoms with Crippen molar-refractivity contribution < 1.29 is 14.3 Å². The van der Waals surface area contributed by atoms with Gasteiger partial charge in [-0.05, 0) is 37.6 Å². The van der Waals surface area contributed by atoms with E-state index in [9.17, 15) is 4.79 Å². The average Bonchev–Trinajstić information content (AvgIpc) is 2.54. The van der Waals surface area contributed by atoms with E-state index in [4.69, 9.17) is 9.47 Å². The second kappa shape index (κ2) is 8.08. The van der Waals surface area contributed by atoms with Crippen molar-refractivity contribution in [2.45, 2.75) is 20.0 Å². The van der Waals surface area contributed by atoms with Gasteiger partial charge in [0.1, 0.15) is 18.1 Å². The quantitative estimate of drug-likeness (QED) is 0.800. The molecule has 2 aromatic rings. The van der Waals surface area contributed by atoms with Gasteiger partial charge in [-0.1, -0.05) is 36.4 Å². The number of carbonyl (C=O) groups excluding carboxylic acids is 1. The molecular weight excluding hydrogens is 278 g/mol. The number of hydrogen-bond donors (Lipinski definition) is 1. The maximum atomic E-state index is 12.0. The molecule has 0 aliphatic rings. The zero-order valence-electron chi connectivity index (χ0n) is 12.9. The van der Waals surface area contributed by atoms with Gasteiger partial charge >= 0.3 is 0 Å². The molecule has 0 saturated carbocycles. The van der Waals surface area contributed by atoms with Crippen LogP contribution in [-0.4, -0.2) is 25.2 Å². The first kappa shape index (κ1) is 15.9. The maximum absolute atomic E-state index is 12.0. The van der Waals surface area contributed by atoms with Crippen molar-refractivity contribution in [2.75, 3.05) is 13.2 Å². The van der Waals surface area contributed by atoms with Crippen LogP contribution in [0.3, 0.4) is 0 Å². The minimum absolute atomic E-state index is 0.153. The van der Waals surface area contributed by atoms with Gasteiger partial charge in [0.05, 0.1) is 6.54 Å². The van der Waals surface area contributed by atoms with Gasteiger partial charge in [0.15, 0.2) is 6.10 Å². The molecule has 1 atom stereocenters. The predicted molar refractivity (Wildman–Crippen MR) is 86.2 cm³/mol. The molecule has 0 aliphatic carbocycles. The van der Waals surface area contributed by atoms with Gasteiger partial charge in [-0.3, -0.25) is 4.79 Å². The summed E-state index contributed by atoms with van der Waals surface area (Å²) in [6.07, 6.45) is -0.544. The highest BCUT2D eigenvalue weighted by Crippen LogP contribution is 2.17. The first-order valence-corrected chi connectivity index (χ1v) is 7.34. The molecule has 0 radical (unpaired) electrons. The van der Waals surface area contributed by atoms with Gasteiger partial charge in [-0.2, -0.15) is 0 Å². The second-order valence-electron chi connectivity index (χ2n) is 4.98. The van der Waals surface area contributed by atoms with E-state index in [1.807, 2.05) is 61.5 Å². The Balaban J connectivity index is 1.71. The average molecular weight is 299 g/mol. The summed E-state index contributed by atoms with van der Waals surface area (Å²) in [6, 6.07) is 17.1. The van der Waals surface area contributed by atoms with Crippen molar-refractivity contribution in [3.63, 3.8) is 0 Å². The van der Waals surface area contributed by atoms with Crippen LogP contribution in [0.15, 0.2) is 54.6 Å². The normalized spacial score (nSPS) is 11.5. The summed E-state index contributed by atoms with van der Waals surface area (Å²) >= 11 is 0. The number of hydrogen-bond acceptors (Lipinski definition) is 3. The summed E-state index contributed by atoms with van der Waals surface area (Å²) in [7, 11) is 0. The lowest BCUT2D eigenvalue weighted by molar-refractivity contribution is -0.127. The minimum atomic E-state index is -0.544. The van der Waals surface area contributed by atoms with E-state index in [2.05, 4.69) is 5.32 Å². The molecule has 4 nitrogen and oxygen atoms in total. The zero-order chi connectivity index (χ0) is 15.8. The van der Waals surface area contributed by atoms with Crippen LogP contribution in [0.5, 0.6) is 11.5 Å². The van der Waals surface area contributed by atoms with Gasteiger partial charge in [0.2, 0.25) is 0 Å². The zero-order valence-corrected chi connectivity index (χ0v) is 12.9. The van der Waals surface area contributed by atoms with Crippen molar-refractivity contribution in [1.82, 2.24) is 5.32 Å². The highest BCUT2D eigenvalue weighted by Gasteiger charge is 2.14. The van der Waals surface area contributed by atoms with E-state index in [1.54, 1.807) is 6.92 Å². The molecule has 1 N–H and O–H groups in total. The molecule has 0 heterocycles. The van der Waals surface area contributed by atoms with E-state index in [1.165, 1.54) is 0 Å². The molecule has 0 fully saturated rings. The molecule has 116 valence electrons. The Kier molecular flexibility index (Phi) is 5.83. The Morgan fingerprint density at radius 3 is 2.50 bits per heavy atom. The fourth-order valence-electron chi connectivity index (χ4n) is 1.94. The largest absolute Gasteiger partial charge is 0.492 e. The Morgan fingerprint density at radius 1 is 1.09 bits per heavy atom. The molecule has 1 amide bonds. The Hall–Kier alpha value is -2.49. The number of para-hydroxylation sites is 2. The molecule has 0 spiro atoms. The SMILES string of the molecule is Cc1ccccc1O[C@@H](C)C(=O)NCCOc1ccccc1. The first-order chi connectivity index (χ1) is 10.7. The van der Waals surface area contributed by atoms with E-state index in [-0.39, 0.29) is 5.91 Å². The number of aryl methyl sites for hydroxylation is 1.